The van der Waals surface area contributed by atoms with Gasteiger partial charge in [-0.2, -0.15) is 5.10 Å². The summed E-state index contributed by atoms with van der Waals surface area (Å²) in [5.74, 6) is -0.00306. The van der Waals surface area contributed by atoms with Crippen LogP contribution in [0.25, 0.3) is 0 Å². The molecule has 23 heavy (non-hydrogen) atoms. The fourth-order valence-corrected chi connectivity index (χ4v) is 1.92. The molecule has 0 N–H and O–H groups in total. The van der Waals surface area contributed by atoms with E-state index in [0.717, 1.165) is 11.3 Å². The van der Waals surface area contributed by atoms with Crippen LogP contribution in [0.5, 0.6) is 0 Å². The molecule has 0 spiro atoms. The third-order valence-corrected chi connectivity index (χ3v) is 3.26. The molecule has 0 bridgehead atoms. The number of hydrogen-bond donors (Lipinski definition) is 0. The van der Waals surface area contributed by atoms with Gasteiger partial charge in [-0.1, -0.05) is 54.6 Å². The van der Waals surface area contributed by atoms with Crippen molar-refractivity contribution >= 4 is 17.7 Å². The van der Waals surface area contributed by atoms with Crippen LogP contribution in [0, 0.1) is 0 Å². The number of ketones is 1. The van der Waals surface area contributed by atoms with E-state index < -0.39 is 0 Å². The van der Waals surface area contributed by atoms with Crippen molar-refractivity contribution < 1.29 is 4.79 Å². The summed E-state index contributed by atoms with van der Waals surface area (Å²) in [6.45, 7) is 1.93. The molecule has 2 aromatic rings. The summed E-state index contributed by atoms with van der Waals surface area (Å²) in [6.07, 6.45) is 6.97. The molecule has 0 aliphatic rings. The van der Waals surface area contributed by atoms with E-state index in [9.17, 15) is 4.79 Å². The summed E-state index contributed by atoms with van der Waals surface area (Å²) in [5.41, 5.74) is 2.66. The molecule has 3 heteroatoms. The first kappa shape index (κ1) is 16.4. The van der Waals surface area contributed by atoms with Crippen LogP contribution in [-0.2, 0) is 0 Å². The molecule has 0 aliphatic carbocycles. The summed E-state index contributed by atoms with van der Waals surface area (Å²) in [4.78, 5) is 12.0. The molecule has 0 unspecified atom stereocenters. The molecule has 116 valence electrons. The topological polar surface area (TPSA) is 32.7 Å². The van der Waals surface area contributed by atoms with Crippen molar-refractivity contribution in [2.75, 3.05) is 12.1 Å². The highest BCUT2D eigenvalue weighted by Gasteiger charge is 1.98. The molecular formula is C20H20N2O. The third kappa shape index (κ3) is 5.40. The number of rotatable bonds is 6. The van der Waals surface area contributed by atoms with Crippen molar-refractivity contribution in [3.05, 3.63) is 90.0 Å². The lowest BCUT2D eigenvalue weighted by Gasteiger charge is -2.11. The molecule has 0 saturated heterocycles. The van der Waals surface area contributed by atoms with Crippen molar-refractivity contribution in [3.8, 4) is 0 Å². The van der Waals surface area contributed by atoms with E-state index in [1.165, 1.54) is 0 Å². The fourth-order valence-electron chi connectivity index (χ4n) is 1.92. The molecule has 0 amide bonds. The number of anilines is 1. The Bertz CT molecular complexity index is 716. The molecular weight excluding hydrogens is 284 g/mol. The number of benzene rings is 2. The monoisotopic (exact) mass is 304 g/mol. The van der Waals surface area contributed by atoms with Gasteiger partial charge in [0.05, 0.1) is 5.69 Å². The fraction of sp³-hybridized carbons (Fsp3) is 0.100. The maximum Gasteiger partial charge on any atom is 0.185 e. The van der Waals surface area contributed by atoms with Crippen molar-refractivity contribution in [3.63, 3.8) is 0 Å². The Morgan fingerprint density at radius 1 is 0.957 bits per heavy atom. The summed E-state index contributed by atoms with van der Waals surface area (Å²) < 4.78 is 0. The van der Waals surface area contributed by atoms with Gasteiger partial charge in [0.2, 0.25) is 0 Å². The minimum atomic E-state index is -0.00306. The molecule has 2 aromatic carbocycles. The average Bonchev–Trinajstić information content (AvgIpc) is 2.61. The smallest absolute Gasteiger partial charge is 0.185 e. The zero-order chi connectivity index (χ0) is 16.5. The maximum absolute atomic E-state index is 12.0. The lowest BCUT2D eigenvalue weighted by molar-refractivity contribution is 0.104. The predicted octanol–water partition coefficient (Wildman–Crippen LogP) is 4.49. The Morgan fingerprint density at radius 3 is 2.22 bits per heavy atom. The molecule has 2 rings (SSSR count). The maximum atomic E-state index is 12.0. The Balaban J connectivity index is 1.94. The van der Waals surface area contributed by atoms with Crippen LogP contribution in [0.2, 0.25) is 0 Å². The van der Waals surface area contributed by atoms with Gasteiger partial charge in [-0.05, 0) is 36.8 Å². The summed E-state index contributed by atoms with van der Waals surface area (Å²) in [6, 6.07) is 19.1. The number of carbonyl (C=O) groups is 1. The van der Waals surface area contributed by atoms with E-state index >= 15 is 0 Å². The third-order valence-electron chi connectivity index (χ3n) is 3.26. The highest BCUT2D eigenvalue weighted by molar-refractivity contribution is 6.04. The number of para-hydroxylation sites is 1. The summed E-state index contributed by atoms with van der Waals surface area (Å²) in [5, 5.41) is 6.13. The summed E-state index contributed by atoms with van der Waals surface area (Å²) >= 11 is 0. The molecule has 0 radical (unpaired) electrons. The van der Waals surface area contributed by atoms with Gasteiger partial charge in [0, 0.05) is 18.8 Å². The van der Waals surface area contributed by atoms with Gasteiger partial charge >= 0.3 is 0 Å². The predicted molar refractivity (Wildman–Crippen MR) is 97.0 cm³/mol. The van der Waals surface area contributed by atoms with Crippen LogP contribution in [0.4, 0.5) is 5.69 Å². The van der Waals surface area contributed by atoms with Crippen LogP contribution in [0.3, 0.4) is 0 Å². The van der Waals surface area contributed by atoms with E-state index in [1.54, 1.807) is 23.4 Å². The van der Waals surface area contributed by atoms with Crippen LogP contribution in [0.15, 0.2) is 89.6 Å². The van der Waals surface area contributed by atoms with Crippen LogP contribution in [0.1, 0.15) is 17.3 Å². The van der Waals surface area contributed by atoms with Gasteiger partial charge in [0.25, 0.3) is 0 Å². The second-order valence-electron chi connectivity index (χ2n) is 5.10. The number of hydrazone groups is 1. The van der Waals surface area contributed by atoms with Gasteiger partial charge in [-0.3, -0.25) is 9.80 Å². The van der Waals surface area contributed by atoms with Gasteiger partial charge in [-0.15, -0.1) is 0 Å². The lowest BCUT2D eigenvalue weighted by atomic mass is 10.1. The van der Waals surface area contributed by atoms with Crippen molar-refractivity contribution in [1.29, 1.82) is 0 Å². The average molecular weight is 304 g/mol. The van der Waals surface area contributed by atoms with Gasteiger partial charge in [-0.25, -0.2) is 0 Å². The first-order valence-corrected chi connectivity index (χ1v) is 7.44. The van der Waals surface area contributed by atoms with Crippen molar-refractivity contribution in [2.45, 2.75) is 6.92 Å². The largest absolute Gasteiger partial charge is 0.289 e. The zero-order valence-corrected chi connectivity index (χ0v) is 13.4. The van der Waals surface area contributed by atoms with Crippen molar-refractivity contribution in [2.24, 2.45) is 5.10 Å². The van der Waals surface area contributed by atoms with E-state index in [4.69, 9.17) is 0 Å². The zero-order valence-electron chi connectivity index (χ0n) is 13.4. The van der Waals surface area contributed by atoms with Crippen molar-refractivity contribution in [1.82, 2.24) is 0 Å². The highest BCUT2D eigenvalue weighted by Crippen LogP contribution is 2.10. The molecule has 0 fully saturated rings. The molecule has 0 heterocycles. The Hall–Kier alpha value is -2.94. The van der Waals surface area contributed by atoms with E-state index in [2.05, 4.69) is 5.10 Å². The SMILES string of the molecule is CC(/C=C\C(=O)c1ccccc1)=C\C=N/N(C)c1ccccc1. The summed E-state index contributed by atoms with van der Waals surface area (Å²) in [7, 11) is 1.89. The highest BCUT2D eigenvalue weighted by atomic mass is 16.1. The van der Waals surface area contributed by atoms with Gasteiger partial charge in [0.15, 0.2) is 5.78 Å². The molecule has 0 aromatic heterocycles. The lowest BCUT2D eigenvalue weighted by Crippen LogP contribution is -2.07. The number of allylic oxidation sites excluding steroid dienone is 4. The second-order valence-corrected chi connectivity index (χ2v) is 5.10. The molecule has 0 atom stereocenters. The first-order chi connectivity index (χ1) is 11.2. The Labute approximate surface area is 137 Å². The van der Waals surface area contributed by atoms with Gasteiger partial charge in [0.1, 0.15) is 0 Å². The standard InChI is InChI=1S/C20H20N2O/c1-17(13-14-20(23)18-9-5-3-6-10-18)15-16-21-22(2)19-11-7-4-8-12-19/h3-16H,1-2H3/b14-13-,17-15+,21-16-. The van der Waals surface area contributed by atoms with E-state index in [-0.39, 0.29) is 5.78 Å². The van der Waals surface area contributed by atoms with E-state index in [1.807, 2.05) is 80.7 Å². The Kier molecular flexibility index (Phi) is 6.07. The van der Waals surface area contributed by atoms with Gasteiger partial charge < -0.3 is 0 Å². The van der Waals surface area contributed by atoms with Crippen LogP contribution >= 0.6 is 0 Å². The number of carbonyl (C=O) groups excluding carboxylic acids is 1. The molecule has 3 nitrogen and oxygen atoms in total. The Morgan fingerprint density at radius 2 is 1.57 bits per heavy atom. The normalized spacial score (nSPS) is 12.0. The number of nitrogens with zero attached hydrogens (tertiary/aromatic N) is 2. The van der Waals surface area contributed by atoms with Crippen LogP contribution < -0.4 is 5.01 Å². The van der Waals surface area contributed by atoms with Crippen LogP contribution in [-0.4, -0.2) is 19.0 Å². The molecule has 0 aliphatic heterocycles. The minimum absolute atomic E-state index is 0.00306. The molecule has 0 saturated carbocycles. The number of hydrogen-bond acceptors (Lipinski definition) is 3. The van der Waals surface area contributed by atoms with E-state index in [0.29, 0.717) is 5.56 Å². The minimum Gasteiger partial charge on any atom is -0.289 e. The first-order valence-electron chi connectivity index (χ1n) is 7.44. The second kappa shape index (κ2) is 8.49. The quantitative estimate of drug-likeness (QED) is 0.259.